The van der Waals surface area contributed by atoms with E-state index in [2.05, 4.69) is 5.32 Å². The first-order valence-corrected chi connectivity index (χ1v) is 5.76. The maximum atomic E-state index is 11.9. The van der Waals surface area contributed by atoms with Gasteiger partial charge in [0, 0.05) is 12.1 Å². The molecule has 2 rings (SSSR count). The van der Waals surface area contributed by atoms with Crippen molar-refractivity contribution in [3.8, 4) is 5.75 Å². The normalized spacial score (nSPS) is 9.83. The molecule has 1 N–H and O–H groups in total. The number of amides is 1. The summed E-state index contributed by atoms with van der Waals surface area (Å²) in [6.07, 6.45) is 0. The molecule has 0 aromatic heterocycles. The van der Waals surface area contributed by atoms with Crippen molar-refractivity contribution in [1.29, 1.82) is 0 Å². The lowest BCUT2D eigenvalue weighted by Gasteiger charge is -2.06. The van der Waals surface area contributed by atoms with Gasteiger partial charge in [0.1, 0.15) is 5.75 Å². The molecule has 0 unspecified atom stereocenters. The summed E-state index contributed by atoms with van der Waals surface area (Å²) < 4.78 is 5.05. The molecule has 0 fully saturated rings. The van der Waals surface area contributed by atoms with Gasteiger partial charge in [0.15, 0.2) is 0 Å². The zero-order valence-corrected chi connectivity index (χ0v) is 10.2. The highest BCUT2D eigenvalue weighted by Crippen LogP contribution is 2.11. The Morgan fingerprint density at radius 1 is 1.06 bits per heavy atom. The predicted molar refractivity (Wildman–Crippen MR) is 70.6 cm³/mol. The van der Waals surface area contributed by atoms with Gasteiger partial charge < -0.3 is 10.1 Å². The number of carbonyl (C=O) groups is 1. The molecule has 0 radical (unpaired) electrons. The van der Waals surface area contributed by atoms with Crippen molar-refractivity contribution in [2.45, 2.75) is 6.54 Å². The van der Waals surface area contributed by atoms with E-state index in [1.165, 1.54) is 0 Å². The minimum absolute atomic E-state index is 0.0819. The van der Waals surface area contributed by atoms with Crippen LogP contribution in [0.4, 0.5) is 0 Å². The Balaban J connectivity index is 1.95. The van der Waals surface area contributed by atoms with Crippen LogP contribution in [0.5, 0.6) is 5.75 Å². The Hall–Kier alpha value is -2.29. The number of benzene rings is 2. The highest BCUT2D eigenvalue weighted by atomic mass is 16.5. The molecule has 0 aliphatic rings. The van der Waals surface area contributed by atoms with E-state index in [1.807, 2.05) is 30.3 Å². The molecule has 18 heavy (non-hydrogen) atoms. The molecule has 0 spiro atoms. The van der Waals surface area contributed by atoms with Crippen molar-refractivity contribution in [2.75, 3.05) is 7.11 Å². The summed E-state index contributed by atoms with van der Waals surface area (Å²) in [7, 11) is 1.60. The summed E-state index contributed by atoms with van der Waals surface area (Å²) in [6.45, 7) is 0.533. The van der Waals surface area contributed by atoms with E-state index in [4.69, 9.17) is 4.74 Å². The van der Waals surface area contributed by atoms with Crippen molar-refractivity contribution >= 4 is 5.91 Å². The summed E-state index contributed by atoms with van der Waals surface area (Å²) in [5, 5.41) is 2.87. The Kier molecular flexibility index (Phi) is 3.97. The van der Waals surface area contributed by atoms with Gasteiger partial charge in [-0.2, -0.15) is 0 Å². The van der Waals surface area contributed by atoms with E-state index in [0.29, 0.717) is 12.1 Å². The van der Waals surface area contributed by atoms with Crippen LogP contribution in [0.25, 0.3) is 0 Å². The molecule has 0 saturated carbocycles. The average Bonchev–Trinajstić information content (AvgIpc) is 2.46. The van der Waals surface area contributed by atoms with E-state index >= 15 is 0 Å². The van der Waals surface area contributed by atoms with Crippen LogP contribution in [-0.4, -0.2) is 13.0 Å². The maximum absolute atomic E-state index is 11.9. The molecule has 1 amide bonds. The quantitative estimate of drug-likeness (QED) is 0.892. The van der Waals surface area contributed by atoms with Gasteiger partial charge in [-0.1, -0.05) is 30.3 Å². The fourth-order valence-electron chi connectivity index (χ4n) is 1.62. The molecule has 92 valence electrons. The lowest BCUT2D eigenvalue weighted by molar-refractivity contribution is 0.0951. The van der Waals surface area contributed by atoms with Gasteiger partial charge in [0.25, 0.3) is 5.91 Å². The van der Waals surface area contributed by atoms with Crippen LogP contribution >= 0.6 is 0 Å². The summed E-state index contributed by atoms with van der Waals surface area (Å²) in [6, 6.07) is 16.9. The fraction of sp³-hybridized carbons (Fsp3) is 0.133. The second-order valence-electron chi connectivity index (χ2n) is 3.90. The number of carbonyl (C=O) groups excluding carboxylic acids is 1. The standard InChI is InChI=1S/C15H15NO2/c1-18-14-9-7-13(8-10-14)15(17)16-11-12-5-3-2-4-6-12/h2-10H,11H2,1H3,(H,16,17)/i13-1. The van der Waals surface area contributed by atoms with Gasteiger partial charge in [-0.05, 0) is 29.8 Å². The third kappa shape index (κ3) is 3.10. The van der Waals surface area contributed by atoms with Crippen LogP contribution in [0.15, 0.2) is 54.6 Å². The van der Waals surface area contributed by atoms with E-state index in [1.54, 1.807) is 31.4 Å². The third-order valence-corrected chi connectivity index (χ3v) is 2.65. The van der Waals surface area contributed by atoms with E-state index in [0.717, 1.165) is 11.3 Å². The van der Waals surface area contributed by atoms with Crippen LogP contribution in [0.1, 0.15) is 15.9 Å². The second kappa shape index (κ2) is 5.87. The highest BCUT2D eigenvalue weighted by molar-refractivity contribution is 5.94. The monoisotopic (exact) mass is 240 g/mol. The molecule has 0 aliphatic heterocycles. The Morgan fingerprint density at radius 2 is 1.72 bits per heavy atom. The molecule has 0 saturated heterocycles. The number of nitrogens with one attached hydrogen (secondary N) is 1. The number of hydrogen-bond acceptors (Lipinski definition) is 2. The van der Waals surface area contributed by atoms with Gasteiger partial charge >= 0.3 is 0 Å². The van der Waals surface area contributed by atoms with Crippen molar-refractivity contribution in [3.63, 3.8) is 0 Å². The molecule has 0 bridgehead atoms. The lowest BCUT2D eigenvalue weighted by Crippen LogP contribution is -2.22. The number of hydrogen-bond donors (Lipinski definition) is 1. The molecule has 0 aliphatic carbocycles. The molecular formula is C15H15NO2. The fourth-order valence-corrected chi connectivity index (χ4v) is 1.62. The average molecular weight is 240 g/mol. The topological polar surface area (TPSA) is 38.3 Å². The zero-order chi connectivity index (χ0) is 12.8. The summed E-state index contributed by atoms with van der Waals surface area (Å²) >= 11 is 0. The minimum atomic E-state index is -0.0819. The zero-order valence-electron chi connectivity index (χ0n) is 10.2. The van der Waals surface area contributed by atoms with Crippen LogP contribution < -0.4 is 10.1 Å². The van der Waals surface area contributed by atoms with Gasteiger partial charge in [0.05, 0.1) is 7.11 Å². The van der Waals surface area contributed by atoms with Crippen molar-refractivity contribution in [2.24, 2.45) is 0 Å². The van der Waals surface area contributed by atoms with Crippen LogP contribution in [0.2, 0.25) is 0 Å². The van der Waals surface area contributed by atoms with Crippen molar-refractivity contribution in [3.05, 3.63) is 65.7 Å². The van der Waals surface area contributed by atoms with E-state index in [-0.39, 0.29) is 5.91 Å². The van der Waals surface area contributed by atoms with Gasteiger partial charge in [0.2, 0.25) is 0 Å². The Morgan fingerprint density at radius 3 is 2.33 bits per heavy atom. The Labute approximate surface area is 106 Å². The van der Waals surface area contributed by atoms with Crippen LogP contribution in [0.3, 0.4) is 0 Å². The van der Waals surface area contributed by atoms with Crippen molar-refractivity contribution in [1.82, 2.24) is 5.32 Å². The summed E-state index contributed by atoms with van der Waals surface area (Å²) in [5.74, 6) is 0.663. The second-order valence-corrected chi connectivity index (χ2v) is 3.90. The molecule has 2 aromatic carbocycles. The first-order valence-electron chi connectivity index (χ1n) is 5.76. The lowest BCUT2D eigenvalue weighted by atomic mass is 9.76. The molecule has 0 heterocycles. The molecular weight excluding hydrogens is 225 g/mol. The smallest absolute Gasteiger partial charge is 0.251 e. The molecule has 0 atom stereocenters. The van der Waals surface area contributed by atoms with E-state index < -0.39 is 0 Å². The SMILES string of the molecule is COc1cc[11c](C(=O)NCc2ccccc2)cc1. The molecule has 3 heteroatoms. The predicted octanol–water partition coefficient (Wildman–Crippen LogP) is 2.63. The van der Waals surface area contributed by atoms with Crippen molar-refractivity contribution < 1.29 is 9.53 Å². The molecule has 2 aromatic rings. The summed E-state index contributed by atoms with van der Waals surface area (Å²) in [4.78, 5) is 11.9. The number of methoxy groups -OCH3 is 1. The van der Waals surface area contributed by atoms with Gasteiger partial charge in [-0.3, -0.25) is 4.79 Å². The van der Waals surface area contributed by atoms with Crippen LogP contribution in [0, 0.1) is 0 Å². The third-order valence-electron chi connectivity index (χ3n) is 2.65. The maximum Gasteiger partial charge on any atom is 0.251 e. The first-order chi connectivity index (χ1) is 8.79. The van der Waals surface area contributed by atoms with Gasteiger partial charge in [-0.15, -0.1) is 0 Å². The number of rotatable bonds is 4. The van der Waals surface area contributed by atoms with Gasteiger partial charge in [-0.25, -0.2) is 0 Å². The molecule has 3 nitrogen and oxygen atoms in total. The minimum Gasteiger partial charge on any atom is -0.497 e. The Bertz CT molecular complexity index is 506. The number of ether oxygens (including phenoxy) is 1. The van der Waals surface area contributed by atoms with E-state index in [9.17, 15) is 4.79 Å². The largest absolute Gasteiger partial charge is 0.497 e. The first kappa shape index (κ1) is 12.2. The highest BCUT2D eigenvalue weighted by Gasteiger charge is 2.04. The van der Waals surface area contributed by atoms with Crippen LogP contribution in [-0.2, 0) is 6.54 Å². The summed E-state index contributed by atoms with van der Waals surface area (Å²) in [5.41, 5.74) is 1.71.